The molecule has 0 saturated heterocycles. The van der Waals surface area contributed by atoms with E-state index in [-0.39, 0.29) is 11.7 Å². The van der Waals surface area contributed by atoms with Gasteiger partial charge >= 0.3 is 0 Å². The molecule has 0 fully saturated rings. The molecule has 0 aliphatic carbocycles. The molecule has 31 heavy (non-hydrogen) atoms. The third-order valence-electron chi connectivity index (χ3n) is 4.58. The molecular formula is C23H23ClN2O4S. The van der Waals surface area contributed by atoms with Crippen LogP contribution in [-0.4, -0.2) is 21.4 Å². The van der Waals surface area contributed by atoms with E-state index in [9.17, 15) is 13.2 Å². The highest BCUT2D eigenvalue weighted by Crippen LogP contribution is 2.20. The number of carbonyl (C=O) groups is 1. The molecule has 0 atom stereocenters. The van der Waals surface area contributed by atoms with E-state index < -0.39 is 10.0 Å². The van der Waals surface area contributed by atoms with E-state index in [4.69, 9.17) is 16.3 Å². The van der Waals surface area contributed by atoms with Crippen molar-refractivity contribution >= 4 is 27.5 Å². The lowest BCUT2D eigenvalue weighted by Crippen LogP contribution is -2.23. The highest BCUT2D eigenvalue weighted by atomic mass is 35.5. The fourth-order valence-electron chi connectivity index (χ4n) is 2.84. The van der Waals surface area contributed by atoms with Crippen molar-refractivity contribution in [2.24, 2.45) is 0 Å². The van der Waals surface area contributed by atoms with Crippen LogP contribution in [-0.2, 0) is 28.9 Å². The first-order valence-corrected chi connectivity index (χ1v) is 11.6. The zero-order valence-electron chi connectivity index (χ0n) is 17.0. The van der Waals surface area contributed by atoms with Gasteiger partial charge in [-0.3, -0.25) is 4.79 Å². The van der Waals surface area contributed by atoms with E-state index in [0.717, 1.165) is 11.1 Å². The molecule has 0 spiro atoms. The third-order valence-corrected chi connectivity index (χ3v) is 6.17. The Balaban J connectivity index is 1.60. The molecular weight excluding hydrogens is 436 g/mol. The Morgan fingerprint density at radius 3 is 2.19 bits per heavy atom. The highest BCUT2D eigenvalue weighted by molar-refractivity contribution is 7.88. The van der Waals surface area contributed by atoms with Crippen molar-refractivity contribution in [1.29, 1.82) is 0 Å². The molecule has 3 aromatic rings. The van der Waals surface area contributed by atoms with Crippen LogP contribution in [0.5, 0.6) is 5.75 Å². The lowest BCUT2D eigenvalue weighted by atomic mass is 10.1. The number of hydrogen-bond donors (Lipinski definition) is 2. The molecule has 6 nitrogen and oxygen atoms in total. The molecule has 0 aliphatic rings. The summed E-state index contributed by atoms with van der Waals surface area (Å²) in [7, 11) is -1.93. The lowest BCUT2D eigenvalue weighted by Gasteiger charge is -2.12. The third kappa shape index (κ3) is 6.82. The summed E-state index contributed by atoms with van der Waals surface area (Å²) in [5.41, 5.74) is 2.91. The average molecular weight is 459 g/mol. The van der Waals surface area contributed by atoms with Crippen molar-refractivity contribution < 1.29 is 17.9 Å². The van der Waals surface area contributed by atoms with Crippen LogP contribution in [0.15, 0.2) is 72.8 Å². The predicted octanol–water partition coefficient (Wildman–Crippen LogP) is 3.90. The lowest BCUT2D eigenvalue weighted by molar-refractivity contribution is 0.0946. The molecule has 0 saturated carbocycles. The zero-order chi connectivity index (χ0) is 22.3. The second kappa shape index (κ2) is 10.4. The van der Waals surface area contributed by atoms with E-state index in [1.807, 2.05) is 18.2 Å². The molecule has 8 heteroatoms. The van der Waals surface area contributed by atoms with Gasteiger partial charge < -0.3 is 10.1 Å². The van der Waals surface area contributed by atoms with Crippen molar-refractivity contribution in [3.8, 4) is 5.75 Å². The minimum atomic E-state index is -3.32. The number of ether oxygens (including phenoxy) is 1. The summed E-state index contributed by atoms with van der Waals surface area (Å²) >= 11 is 5.90. The van der Waals surface area contributed by atoms with Crippen molar-refractivity contribution in [1.82, 2.24) is 10.0 Å². The summed E-state index contributed by atoms with van der Waals surface area (Å²) < 4.78 is 31.4. The van der Waals surface area contributed by atoms with Gasteiger partial charge in [0.2, 0.25) is 10.0 Å². The highest BCUT2D eigenvalue weighted by Gasteiger charge is 2.13. The van der Waals surface area contributed by atoms with Gasteiger partial charge in [-0.25, -0.2) is 13.1 Å². The van der Waals surface area contributed by atoms with Crippen molar-refractivity contribution in [3.63, 3.8) is 0 Å². The molecule has 0 aliphatic heterocycles. The number of amides is 1. The molecule has 0 radical (unpaired) electrons. The van der Waals surface area contributed by atoms with Crippen molar-refractivity contribution in [2.45, 2.75) is 18.9 Å². The zero-order valence-corrected chi connectivity index (χ0v) is 18.5. The van der Waals surface area contributed by atoms with E-state index in [1.165, 1.54) is 7.05 Å². The molecule has 0 unspecified atom stereocenters. The minimum Gasteiger partial charge on any atom is -0.488 e. The Kier molecular flexibility index (Phi) is 7.68. The van der Waals surface area contributed by atoms with Crippen LogP contribution in [0, 0.1) is 0 Å². The normalized spacial score (nSPS) is 11.2. The second-order valence-corrected chi connectivity index (χ2v) is 9.24. The molecule has 162 valence electrons. The van der Waals surface area contributed by atoms with Gasteiger partial charge in [-0.2, -0.15) is 0 Å². The largest absolute Gasteiger partial charge is 0.488 e. The van der Waals surface area contributed by atoms with Crippen LogP contribution < -0.4 is 14.8 Å². The Labute approximate surface area is 187 Å². The summed E-state index contributed by atoms with van der Waals surface area (Å²) in [6.45, 7) is 0.627. The number of hydrogen-bond acceptors (Lipinski definition) is 4. The van der Waals surface area contributed by atoms with Crippen LogP contribution in [0.2, 0.25) is 5.02 Å². The molecule has 0 bridgehead atoms. The first-order chi connectivity index (χ1) is 14.9. The van der Waals surface area contributed by atoms with Crippen LogP contribution in [0.4, 0.5) is 0 Å². The van der Waals surface area contributed by atoms with Gasteiger partial charge in [-0.1, -0.05) is 60.1 Å². The molecule has 1 amide bonds. The predicted molar refractivity (Wildman–Crippen MR) is 122 cm³/mol. The Morgan fingerprint density at radius 1 is 0.903 bits per heavy atom. The first-order valence-electron chi connectivity index (χ1n) is 9.60. The number of para-hydroxylation sites is 1. The van der Waals surface area contributed by atoms with E-state index in [0.29, 0.717) is 35.1 Å². The fourth-order valence-corrected chi connectivity index (χ4v) is 3.75. The van der Waals surface area contributed by atoms with Crippen LogP contribution in [0.3, 0.4) is 0 Å². The molecule has 3 rings (SSSR count). The molecule has 0 aromatic heterocycles. The maximum absolute atomic E-state index is 12.7. The summed E-state index contributed by atoms with van der Waals surface area (Å²) in [6, 6.07) is 21.4. The summed E-state index contributed by atoms with van der Waals surface area (Å²) in [6.07, 6.45) is 0. The number of halogens is 1. The Hall–Kier alpha value is -2.87. The monoisotopic (exact) mass is 458 g/mol. The SMILES string of the molecule is CNS(=O)(=O)Cc1ccc(CNC(=O)c2ccccc2OCc2ccc(Cl)cc2)cc1. The molecule has 2 N–H and O–H groups in total. The molecule has 0 heterocycles. The van der Waals surface area contributed by atoms with Crippen LogP contribution >= 0.6 is 11.6 Å². The average Bonchev–Trinajstić information content (AvgIpc) is 2.78. The number of benzene rings is 3. The number of sulfonamides is 1. The summed E-state index contributed by atoms with van der Waals surface area (Å²) in [5, 5.41) is 3.53. The Bertz CT molecular complexity index is 1130. The van der Waals surface area contributed by atoms with Gasteiger partial charge in [0.1, 0.15) is 12.4 Å². The molecule has 3 aromatic carbocycles. The second-order valence-electron chi connectivity index (χ2n) is 6.87. The van der Waals surface area contributed by atoms with Gasteiger partial charge in [-0.05, 0) is 48.0 Å². The van der Waals surface area contributed by atoms with Crippen LogP contribution in [0.25, 0.3) is 0 Å². The standard InChI is InChI=1S/C23H23ClN2O4S/c1-25-31(28,29)16-19-8-6-17(7-9-19)14-26-23(27)21-4-2-3-5-22(21)30-15-18-10-12-20(24)13-11-18/h2-13,25H,14-16H2,1H3,(H,26,27). The van der Waals surface area contributed by atoms with Crippen LogP contribution in [0.1, 0.15) is 27.0 Å². The minimum absolute atomic E-state index is 0.0888. The van der Waals surface area contributed by atoms with Gasteiger partial charge in [0.05, 0.1) is 11.3 Å². The van der Waals surface area contributed by atoms with Gasteiger partial charge in [0.25, 0.3) is 5.91 Å². The number of rotatable bonds is 9. The quantitative estimate of drug-likeness (QED) is 0.509. The first kappa shape index (κ1) is 22.8. The van der Waals surface area contributed by atoms with Crippen molar-refractivity contribution in [2.75, 3.05) is 7.05 Å². The summed E-state index contributed by atoms with van der Waals surface area (Å²) in [5.74, 6) is 0.144. The maximum atomic E-state index is 12.7. The fraction of sp³-hybridized carbons (Fsp3) is 0.174. The smallest absolute Gasteiger partial charge is 0.255 e. The van der Waals surface area contributed by atoms with Gasteiger partial charge in [-0.15, -0.1) is 0 Å². The topological polar surface area (TPSA) is 84.5 Å². The van der Waals surface area contributed by atoms with E-state index in [1.54, 1.807) is 54.6 Å². The van der Waals surface area contributed by atoms with Crippen molar-refractivity contribution in [3.05, 3.63) is 100 Å². The summed E-state index contributed by atoms with van der Waals surface area (Å²) in [4.78, 5) is 12.7. The Morgan fingerprint density at radius 2 is 1.52 bits per heavy atom. The number of nitrogens with one attached hydrogen (secondary N) is 2. The van der Waals surface area contributed by atoms with Gasteiger partial charge in [0.15, 0.2) is 0 Å². The van der Waals surface area contributed by atoms with E-state index >= 15 is 0 Å². The van der Waals surface area contributed by atoms with E-state index in [2.05, 4.69) is 10.0 Å². The van der Waals surface area contributed by atoms with Gasteiger partial charge in [0, 0.05) is 11.6 Å². The maximum Gasteiger partial charge on any atom is 0.255 e. The number of carbonyl (C=O) groups excluding carboxylic acids is 1.